The van der Waals surface area contributed by atoms with Gasteiger partial charge in [-0.15, -0.1) is 0 Å². The zero-order valence-electron chi connectivity index (χ0n) is 11.6. The first-order valence-corrected chi connectivity index (χ1v) is 7.11. The molecule has 20 heavy (non-hydrogen) atoms. The lowest BCUT2D eigenvalue weighted by molar-refractivity contribution is 0.405. The number of ether oxygens (including phenoxy) is 2. The Morgan fingerprint density at radius 1 is 1.10 bits per heavy atom. The number of halogens is 2. The number of alkyl halides is 1. The number of rotatable bonds is 4. The van der Waals surface area contributed by atoms with Crippen LogP contribution >= 0.6 is 15.9 Å². The van der Waals surface area contributed by atoms with Crippen LogP contribution in [0.15, 0.2) is 36.4 Å². The molecule has 0 bridgehead atoms. The van der Waals surface area contributed by atoms with Crippen LogP contribution in [0.1, 0.15) is 21.5 Å². The number of hydrogen-bond acceptors (Lipinski definition) is 2. The maximum Gasteiger partial charge on any atom is 0.131 e. The molecule has 0 amide bonds. The van der Waals surface area contributed by atoms with Crippen LogP contribution in [-0.4, -0.2) is 14.2 Å². The number of hydrogen-bond donors (Lipinski definition) is 0. The van der Waals surface area contributed by atoms with Crippen molar-refractivity contribution in [2.24, 2.45) is 0 Å². The van der Waals surface area contributed by atoms with Crippen LogP contribution in [-0.2, 0) is 0 Å². The lowest BCUT2D eigenvalue weighted by atomic mass is 9.99. The van der Waals surface area contributed by atoms with Gasteiger partial charge in [0.2, 0.25) is 0 Å². The topological polar surface area (TPSA) is 18.5 Å². The van der Waals surface area contributed by atoms with Crippen LogP contribution in [0.3, 0.4) is 0 Å². The second-order valence-corrected chi connectivity index (χ2v) is 5.36. The largest absolute Gasteiger partial charge is 0.497 e. The van der Waals surface area contributed by atoms with E-state index in [1.54, 1.807) is 26.4 Å². The van der Waals surface area contributed by atoms with Gasteiger partial charge in [0.15, 0.2) is 0 Å². The summed E-state index contributed by atoms with van der Waals surface area (Å²) < 4.78 is 24.6. The van der Waals surface area contributed by atoms with Crippen molar-refractivity contribution in [1.82, 2.24) is 0 Å². The summed E-state index contributed by atoms with van der Waals surface area (Å²) in [5, 5.41) is 0. The van der Waals surface area contributed by atoms with Gasteiger partial charge in [0.1, 0.15) is 17.3 Å². The predicted molar refractivity (Wildman–Crippen MR) is 81.5 cm³/mol. The smallest absolute Gasteiger partial charge is 0.131 e. The number of benzene rings is 2. The van der Waals surface area contributed by atoms with Crippen molar-refractivity contribution in [3.63, 3.8) is 0 Å². The molecule has 0 aromatic heterocycles. The van der Waals surface area contributed by atoms with E-state index in [2.05, 4.69) is 15.9 Å². The minimum Gasteiger partial charge on any atom is -0.497 e. The second kappa shape index (κ2) is 6.27. The Hall–Kier alpha value is -1.55. The molecule has 1 atom stereocenters. The summed E-state index contributed by atoms with van der Waals surface area (Å²) in [6.45, 7) is 1.97. The SMILES string of the molecule is COc1ccc(C(Br)c2c(F)cccc2OC)c(C)c1. The molecule has 1 unspecified atom stereocenters. The van der Waals surface area contributed by atoms with Gasteiger partial charge >= 0.3 is 0 Å². The first-order valence-electron chi connectivity index (χ1n) is 6.19. The van der Waals surface area contributed by atoms with E-state index in [-0.39, 0.29) is 10.6 Å². The van der Waals surface area contributed by atoms with E-state index in [4.69, 9.17) is 9.47 Å². The van der Waals surface area contributed by atoms with Crippen molar-refractivity contribution in [3.05, 3.63) is 58.9 Å². The molecule has 2 nitrogen and oxygen atoms in total. The van der Waals surface area contributed by atoms with Crippen molar-refractivity contribution in [3.8, 4) is 11.5 Å². The monoisotopic (exact) mass is 338 g/mol. The Morgan fingerprint density at radius 3 is 2.45 bits per heavy atom. The minimum atomic E-state index is -0.290. The molecular weight excluding hydrogens is 323 g/mol. The van der Waals surface area contributed by atoms with Gasteiger partial charge in [-0.25, -0.2) is 4.39 Å². The second-order valence-electron chi connectivity index (χ2n) is 4.44. The van der Waals surface area contributed by atoms with Gasteiger partial charge in [-0.3, -0.25) is 0 Å². The molecule has 0 aliphatic heterocycles. The van der Waals surface area contributed by atoms with Gasteiger partial charge in [0.25, 0.3) is 0 Å². The molecule has 0 aliphatic rings. The first kappa shape index (κ1) is 14.9. The molecule has 2 rings (SSSR count). The lowest BCUT2D eigenvalue weighted by Gasteiger charge is -2.18. The Morgan fingerprint density at radius 2 is 1.85 bits per heavy atom. The molecule has 0 radical (unpaired) electrons. The Kier molecular flexibility index (Phi) is 4.65. The zero-order chi connectivity index (χ0) is 14.7. The number of methoxy groups -OCH3 is 2. The van der Waals surface area contributed by atoms with Crippen molar-refractivity contribution < 1.29 is 13.9 Å². The highest BCUT2D eigenvalue weighted by Crippen LogP contribution is 2.40. The highest BCUT2D eigenvalue weighted by molar-refractivity contribution is 9.09. The molecule has 0 fully saturated rings. The van der Waals surface area contributed by atoms with E-state index in [0.717, 1.165) is 16.9 Å². The summed E-state index contributed by atoms with van der Waals surface area (Å²) in [6.07, 6.45) is 0. The van der Waals surface area contributed by atoms with Crippen molar-refractivity contribution in [1.29, 1.82) is 0 Å². The zero-order valence-corrected chi connectivity index (χ0v) is 13.2. The molecule has 2 aromatic rings. The van der Waals surface area contributed by atoms with E-state index in [1.807, 2.05) is 25.1 Å². The molecule has 0 saturated carbocycles. The van der Waals surface area contributed by atoms with E-state index in [1.165, 1.54) is 6.07 Å². The van der Waals surface area contributed by atoms with E-state index < -0.39 is 0 Å². The maximum atomic E-state index is 14.1. The molecule has 0 saturated heterocycles. The Balaban J connectivity index is 2.49. The standard InChI is InChI=1S/C16H16BrFO2/c1-10-9-11(19-2)7-8-12(10)16(17)15-13(18)5-4-6-14(15)20-3/h4-9,16H,1-3H3. The van der Waals surface area contributed by atoms with Crippen LogP contribution in [0.2, 0.25) is 0 Å². The van der Waals surface area contributed by atoms with Crippen molar-refractivity contribution in [2.45, 2.75) is 11.8 Å². The van der Waals surface area contributed by atoms with Gasteiger partial charge < -0.3 is 9.47 Å². The van der Waals surface area contributed by atoms with E-state index in [0.29, 0.717) is 11.3 Å². The lowest BCUT2D eigenvalue weighted by Crippen LogP contribution is -2.02. The summed E-state index contributed by atoms with van der Waals surface area (Å²) in [4.78, 5) is -0.274. The summed E-state index contributed by atoms with van der Waals surface area (Å²) in [6, 6.07) is 10.6. The van der Waals surface area contributed by atoms with Crippen molar-refractivity contribution in [2.75, 3.05) is 14.2 Å². The Bertz CT molecular complexity index is 613. The molecule has 2 aromatic carbocycles. The quantitative estimate of drug-likeness (QED) is 0.756. The van der Waals surface area contributed by atoms with Crippen LogP contribution in [0.25, 0.3) is 0 Å². The van der Waals surface area contributed by atoms with Gasteiger partial charge in [0, 0.05) is 5.56 Å². The summed E-state index contributed by atoms with van der Waals surface area (Å²) >= 11 is 3.57. The molecule has 4 heteroatoms. The van der Waals surface area contributed by atoms with Crippen molar-refractivity contribution >= 4 is 15.9 Å². The summed E-state index contributed by atoms with van der Waals surface area (Å²) in [5.41, 5.74) is 2.51. The van der Waals surface area contributed by atoms with E-state index in [9.17, 15) is 4.39 Å². The third kappa shape index (κ3) is 2.80. The normalized spacial score (nSPS) is 12.1. The summed E-state index contributed by atoms with van der Waals surface area (Å²) in [5.74, 6) is 1.02. The fourth-order valence-electron chi connectivity index (χ4n) is 2.16. The molecule has 0 aliphatic carbocycles. The molecule has 106 valence electrons. The third-order valence-corrected chi connectivity index (χ3v) is 4.19. The highest BCUT2D eigenvalue weighted by atomic mass is 79.9. The highest BCUT2D eigenvalue weighted by Gasteiger charge is 2.21. The minimum absolute atomic E-state index is 0.274. The molecule has 0 heterocycles. The Labute approximate surface area is 126 Å². The molecular formula is C16H16BrFO2. The van der Waals surface area contributed by atoms with Crippen LogP contribution in [0.4, 0.5) is 4.39 Å². The van der Waals surface area contributed by atoms with Crippen LogP contribution in [0, 0.1) is 12.7 Å². The molecule has 0 spiro atoms. The maximum absolute atomic E-state index is 14.1. The average Bonchev–Trinajstić information content (AvgIpc) is 2.46. The predicted octanol–water partition coefficient (Wildman–Crippen LogP) is 4.64. The van der Waals surface area contributed by atoms with Gasteiger partial charge in [0.05, 0.1) is 19.0 Å². The fraction of sp³-hybridized carbons (Fsp3) is 0.250. The fourth-order valence-corrected chi connectivity index (χ4v) is 3.11. The van der Waals surface area contributed by atoms with Crippen LogP contribution < -0.4 is 9.47 Å². The van der Waals surface area contributed by atoms with E-state index >= 15 is 0 Å². The first-order chi connectivity index (χ1) is 9.58. The van der Waals surface area contributed by atoms with Crippen LogP contribution in [0.5, 0.6) is 11.5 Å². The van der Waals surface area contributed by atoms with Gasteiger partial charge in [-0.1, -0.05) is 28.1 Å². The number of aryl methyl sites for hydroxylation is 1. The van der Waals surface area contributed by atoms with Gasteiger partial charge in [-0.2, -0.15) is 0 Å². The van der Waals surface area contributed by atoms with Gasteiger partial charge in [-0.05, 0) is 42.3 Å². The third-order valence-electron chi connectivity index (χ3n) is 3.24. The summed E-state index contributed by atoms with van der Waals surface area (Å²) in [7, 11) is 3.17. The average molecular weight is 339 g/mol. The molecule has 0 N–H and O–H groups in total.